The molecule has 6 atom stereocenters. The van der Waals surface area contributed by atoms with Gasteiger partial charge in [0.25, 0.3) is 11.8 Å². The van der Waals surface area contributed by atoms with Crippen molar-refractivity contribution >= 4 is 35.0 Å². The Labute approximate surface area is 271 Å². The second-order valence-corrected chi connectivity index (χ2v) is 12.5. The van der Waals surface area contributed by atoms with Crippen LogP contribution in [0.1, 0.15) is 29.5 Å². The molecule has 3 aliphatic carbocycles. The first-order valence-corrected chi connectivity index (χ1v) is 15.5. The van der Waals surface area contributed by atoms with Gasteiger partial charge in [0, 0.05) is 17.4 Å². The maximum Gasteiger partial charge on any atom is 0.257 e. The Hall–Kier alpha value is -5.28. The zero-order valence-electron chi connectivity index (χ0n) is 25.8. The highest BCUT2D eigenvalue weighted by Gasteiger charge is 2.65. The lowest BCUT2D eigenvalue weighted by atomic mass is 9.45. The van der Waals surface area contributed by atoms with Crippen molar-refractivity contribution in [2.75, 3.05) is 14.2 Å². The van der Waals surface area contributed by atoms with E-state index >= 15 is 0 Å². The van der Waals surface area contributed by atoms with E-state index in [0.29, 0.717) is 22.3 Å². The quantitative estimate of drug-likeness (QED) is 0.217. The SMILES string of the molecule is COc1cc(C=C[C@H]2C3=CC[C@@H]4C(=O)N(O)C(=O)[C@@H]4[C@@H]3C[C@H]3C(=O)C(c4ccccc4)=CC(=O)[C@@]23c2ccccc2)cc(OC)c1O. The van der Waals surface area contributed by atoms with Crippen LogP contribution in [0.25, 0.3) is 11.6 Å². The predicted octanol–water partition coefficient (Wildman–Crippen LogP) is 5.17. The molecular weight excluding hydrogens is 598 g/mol. The number of rotatable bonds is 6. The zero-order chi connectivity index (χ0) is 33.0. The molecule has 0 bridgehead atoms. The Morgan fingerprint density at radius 3 is 2.15 bits per heavy atom. The molecule has 3 aromatic rings. The first-order valence-electron chi connectivity index (χ1n) is 15.5. The molecule has 4 aliphatic rings. The number of phenols is 1. The van der Waals surface area contributed by atoms with E-state index in [-0.39, 0.29) is 46.7 Å². The van der Waals surface area contributed by atoms with E-state index in [0.717, 1.165) is 5.57 Å². The summed E-state index contributed by atoms with van der Waals surface area (Å²) in [7, 11) is 2.86. The maximum atomic E-state index is 14.9. The van der Waals surface area contributed by atoms with Crippen LogP contribution in [0.2, 0.25) is 0 Å². The molecule has 238 valence electrons. The number of hydrogen-bond donors (Lipinski definition) is 2. The number of Topliss-reactive ketones (excluding diaryl/α,β-unsaturated/α-hetero) is 1. The highest BCUT2D eigenvalue weighted by atomic mass is 16.5. The molecule has 3 aromatic carbocycles. The molecule has 0 aromatic heterocycles. The first-order chi connectivity index (χ1) is 22.7. The number of hydroxylamine groups is 2. The summed E-state index contributed by atoms with van der Waals surface area (Å²) in [5.74, 6) is -5.34. The third kappa shape index (κ3) is 4.48. The molecule has 9 nitrogen and oxygen atoms in total. The Bertz CT molecular complexity index is 1870. The van der Waals surface area contributed by atoms with Crippen LogP contribution in [0.5, 0.6) is 17.2 Å². The number of benzene rings is 3. The van der Waals surface area contributed by atoms with Crippen LogP contribution in [0, 0.1) is 29.6 Å². The number of ketones is 2. The van der Waals surface area contributed by atoms with Crippen LogP contribution in [-0.2, 0) is 24.6 Å². The standard InChI is InChI=1S/C38H33NO8/c1-46-30-17-21(18-31(47-2)35(30)42)13-16-28-24-14-15-25-33(37(44)39(45)36(25)43)27(24)19-29-34(41)26(22-9-5-3-6-10-22)20-32(40)38(28,29)23-11-7-4-8-12-23/h3-14,16-18,20,25,27-29,33,42,45H,15,19H2,1-2H3/t25-,27+,28-,29-,33-,38-/m0/s1. The minimum absolute atomic E-state index is 0.148. The predicted molar refractivity (Wildman–Crippen MR) is 171 cm³/mol. The molecular formula is C38H33NO8. The molecule has 0 radical (unpaired) electrons. The maximum absolute atomic E-state index is 14.9. The van der Waals surface area contributed by atoms with Gasteiger partial charge in [-0.25, -0.2) is 0 Å². The highest BCUT2D eigenvalue weighted by molar-refractivity contribution is 6.31. The van der Waals surface area contributed by atoms with Gasteiger partial charge in [-0.1, -0.05) is 84.5 Å². The lowest BCUT2D eigenvalue weighted by Gasteiger charge is -2.54. The summed E-state index contributed by atoms with van der Waals surface area (Å²) in [6.07, 6.45) is 7.40. The topological polar surface area (TPSA) is 130 Å². The van der Waals surface area contributed by atoms with E-state index in [1.165, 1.54) is 20.3 Å². The fourth-order valence-electron chi connectivity index (χ4n) is 8.32. The number of nitrogens with zero attached hydrogens (tertiary/aromatic N) is 1. The van der Waals surface area contributed by atoms with Gasteiger partial charge in [0.2, 0.25) is 5.75 Å². The summed E-state index contributed by atoms with van der Waals surface area (Å²) in [6, 6.07) is 21.6. The minimum atomic E-state index is -1.36. The fraction of sp³-hybridized carbons (Fsp3) is 0.263. The van der Waals surface area contributed by atoms with Gasteiger partial charge in [-0.2, -0.15) is 5.06 Å². The molecule has 7 rings (SSSR count). The van der Waals surface area contributed by atoms with Crippen LogP contribution in [-0.4, -0.2) is 53.0 Å². The summed E-state index contributed by atoms with van der Waals surface area (Å²) in [4.78, 5) is 56.0. The Kier molecular flexibility index (Phi) is 7.44. The summed E-state index contributed by atoms with van der Waals surface area (Å²) >= 11 is 0. The molecule has 0 spiro atoms. The number of aromatic hydroxyl groups is 1. The fourth-order valence-corrected chi connectivity index (χ4v) is 8.32. The molecule has 1 saturated heterocycles. The van der Waals surface area contributed by atoms with Gasteiger partial charge < -0.3 is 14.6 Å². The molecule has 2 fully saturated rings. The Morgan fingerprint density at radius 2 is 1.51 bits per heavy atom. The summed E-state index contributed by atoms with van der Waals surface area (Å²) in [5.41, 5.74) is 1.62. The van der Waals surface area contributed by atoms with Crippen molar-refractivity contribution in [1.82, 2.24) is 5.06 Å². The van der Waals surface area contributed by atoms with Gasteiger partial charge in [-0.3, -0.25) is 24.4 Å². The van der Waals surface area contributed by atoms with Crippen molar-refractivity contribution in [1.29, 1.82) is 0 Å². The third-order valence-corrected chi connectivity index (χ3v) is 10.4. The Morgan fingerprint density at radius 1 is 0.872 bits per heavy atom. The lowest BCUT2D eigenvalue weighted by Crippen LogP contribution is -2.59. The van der Waals surface area contributed by atoms with Crippen LogP contribution >= 0.6 is 0 Å². The molecule has 0 unspecified atom stereocenters. The minimum Gasteiger partial charge on any atom is -0.502 e. The van der Waals surface area contributed by atoms with Crippen LogP contribution in [0.4, 0.5) is 0 Å². The van der Waals surface area contributed by atoms with Crippen molar-refractivity contribution in [3.05, 3.63) is 113 Å². The van der Waals surface area contributed by atoms with Gasteiger partial charge in [0.1, 0.15) is 0 Å². The van der Waals surface area contributed by atoms with Crippen LogP contribution in [0.15, 0.2) is 96.6 Å². The number of hydrogen-bond acceptors (Lipinski definition) is 8. The number of methoxy groups -OCH3 is 2. The molecule has 1 aliphatic heterocycles. The van der Waals surface area contributed by atoms with Gasteiger partial charge in [0.05, 0.1) is 31.5 Å². The number of amides is 2. The number of carbonyl (C=O) groups excluding carboxylic acids is 4. The summed E-state index contributed by atoms with van der Waals surface area (Å²) < 4.78 is 10.7. The highest BCUT2D eigenvalue weighted by Crippen LogP contribution is 2.61. The van der Waals surface area contributed by atoms with E-state index in [9.17, 15) is 29.5 Å². The molecule has 2 amide bonds. The summed E-state index contributed by atoms with van der Waals surface area (Å²) in [6.45, 7) is 0. The third-order valence-electron chi connectivity index (χ3n) is 10.4. The van der Waals surface area contributed by atoms with Gasteiger partial charge in [-0.05, 0) is 53.7 Å². The number of imide groups is 1. The lowest BCUT2D eigenvalue weighted by molar-refractivity contribution is -0.173. The first kappa shape index (κ1) is 30.4. The number of phenolic OH excluding ortho intramolecular Hbond substituents is 1. The smallest absolute Gasteiger partial charge is 0.257 e. The van der Waals surface area contributed by atoms with Crippen molar-refractivity contribution in [2.24, 2.45) is 29.6 Å². The van der Waals surface area contributed by atoms with Gasteiger partial charge in [0.15, 0.2) is 23.1 Å². The van der Waals surface area contributed by atoms with Crippen LogP contribution in [0.3, 0.4) is 0 Å². The normalized spacial score (nSPS) is 28.4. The van der Waals surface area contributed by atoms with Crippen molar-refractivity contribution in [3.63, 3.8) is 0 Å². The molecule has 1 heterocycles. The molecule has 47 heavy (non-hydrogen) atoms. The van der Waals surface area contributed by atoms with Crippen molar-refractivity contribution in [3.8, 4) is 17.2 Å². The monoisotopic (exact) mass is 631 g/mol. The second-order valence-electron chi connectivity index (χ2n) is 12.5. The largest absolute Gasteiger partial charge is 0.502 e. The number of ether oxygens (including phenoxy) is 2. The van der Waals surface area contributed by atoms with Gasteiger partial charge >= 0.3 is 0 Å². The van der Waals surface area contributed by atoms with E-state index in [4.69, 9.17) is 9.47 Å². The van der Waals surface area contributed by atoms with Crippen molar-refractivity contribution < 1.29 is 39.0 Å². The van der Waals surface area contributed by atoms with E-state index in [2.05, 4.69) is 0 Å². The van der Waals surface area contributed by atoms with Crippen molar-refractivity contribution in [2.45, 2.75) is 18.3 Å². The number of fused-ring (bicyclic) bond motifs is 4. The van der Waals surface area contributed by atoms with E-state index < -0.39 is 46.8 Å². The second kappa shape index (κ2) is 11.5. The van der Waals surface area contributed by atoms with E-state index in [1.54, 1.807) is 30.3 Å². The van der Waals surface area contributed by atoms with E-state index in [1.807, 2.05) is 60.7 Å². The average molecular weight is 632 g/mol. The average Bonchev–Trinajstić information content (AvgIpc) is 3.32. The summed E-state index contributed by atoms with van der Waals surface area (Å²) in [5, 5.41) is 21.1. The number of allylic oxidation sites excluding steroid dienone is 5. The van der Waals surface area contributed by atoms with Gasteiger partial charge in [-0.15, -0.1) is 0 Å². The molecule has 9 heteroatoms. The van der Waals surface area contributed by atoms with Crippen LogP contribution < -0.4 is 9.47 Å². The Balaban J connectivity index is 1.47. The number of carbonyl (C=O) groups is 4. The zero-order valence-corrected chi connectivity index (χ0v) is 25.8. The molecule has 2 N–H and O–H groups in total. The molecule has 1 saturated carbocycles.